The average molecular weight is 261 g/mol. The Morgan fingerprint density at radius 1 is 1.44 bits per heavy atom. The molecule has 1 aliphatic heterocycles. The second-order valence-electron chi connectivity index (χ2n) is 4.41. The molecule has 1 aromatic carbocycles. The molecule has 3 rings (SSSR count). The second kappa shape index (κ2) is 4.17. The summed E-state index contributed by atoms with van der Waals surface area (Å²) in [6, 6.07) is 4.01. The molecule has 2 heterocycles. The van der Waals surface area contributed by atoms with E-state index in [0.717, 1.165) is 35.7 Å². The maximum absolute atomic E-state index is 6.02. The van der Waals surface area contributed by atoms with Crippen LogP contribution >= 0.6 is 11.3 Å². The molecule has 5 heteroatoms. The number of fused-ring (bicyclic) bond motifs is 3. The molecule has 0 bridgehead atoms. The van der Waals surface area contributed by atoms with Crippen molar-refractivity contribution in [1.82, 2.24) is 4.98 Å². The molecular formula is C13H15N3OS. The van der Waals surface area contributed by atoms with Crippen LogP contribution in [0.3, 0.4) is 0 Å². The summed E-state index contributed by atoms with van der Waals surface area (Å²) in [5.74, 6) is 0.730. The minimum atomic E-state index is 0.672. The molecule has 2 aromatic rings. The van der Waals surface area contributed by atoms with Crippen molar-refractivity contribution in [3.8, 4) is 16.2 Å². The minimum absolute atomic E-state index is 0.672. The van der Waals surface area contributed by atoms with Crippen molar-refractivity contribution >= 4 is 22.7 Å². The van der Waals surface area contributed by atoms with E-state index in [-0.39, 0.29) is 0 Å². The lowest BCUT2D eigenvalue weighted by molar-refractivity contribution is 0.417. The number of likely N-dealkylation sites (N-methyl/N-ethyl adjacent to an activating group) is 1. The van der Waals surface area contributed by atoms with Gasteiger partial charge < -0.3 is 15.4 Å². The molecule has 2 N–H and O–H groups in total. The lowest BCUT2D eigenvalue weighted by Crippen LogP contribution is -2.19. The maximum Gasteiger partial charge on any atom is 0.143 e. The van der Waals surface area contributed by atoms with Crippen LogP contribution in [0.5, 0.6) is 5.75 Å². The van der Waals surface area contributed by atoms with Gasteiger partial charge in [-0.1, -0.05) is 0 Å². The third-order valence-corrected chi connectivity index (χ3v) is 4.23. The van der Waals surface area contributed by atoms with Gasteiger partial charge >= 0.3 is 0 Å². The molecule has 0 saturated heterocycles. The molecule has 1 aromatic heterocycles. The summed E-state index contributed by atoms with van der Waals surface area (Å²) in [5, 5.41) is 0. The Morgan fingerprint density at radius 3 is 3.06 bits per heavy atom. The summed E-state index contributed by atoms with van der Waals surface area (Å²) in [6.07, 6.45) is 0.965. The van der Waals surface area contributed by atoms with Gasteiger partial charge in [-0.3, -0.25) is 0 Å². The van der Waals surface area contributed by atoms with E-state index >= 15 is 0 Å². The largest absolute Gasteiger partial charge is 0.495 e. The van der Waals surface area contributed by atoms with Gasteiger partial charge in [-0.15, -0.1) is 11.3 Å². The van der Waals surface area contributed by atoms with Gasteiger partial charge in [0.25, 0.3) is 0 Å². The molecule has 0 fully saturated rings. The molecule has 0 unspecified atom stereocenters. The first-order valence-electron chi connectivity index (χ1n) is 5.82. The molecule has 0 atom stereocenters. The highest BCUT2D eigenvalue weighted by atomic mass is 32.1. The van der Waals surface area contributed by atoms with Crippen molar-refractivity contribution in [2.24, 2.45) is 0 Å². The summed E-state index contributed by atoms with van der Waals surface area (Å²) in [7, 11) is 3.73. The number of ether oxygens (including phenoxy) is 1. The van der Waals surface area contributed by atoms with Gasteiger partial charge in [0.1, 0.15) is 5.75 Å². The third kappa shape index (κ3) is 1.62. The third-order valence-electron chi connectivity index (χ3n) is 3.33. The van der Waals surface area contributed by atoms with Gasteiger partial charge in [0.15, 0.2) is 0 Å². The van der Waals surface area contributed by atoms with Crippen molar-refractivity contribution in [1.29, 1.82) is 0 Å². The maximum atomic E-state index is 6.02. The Bertz CT molecular complexity index is 594. The fourth-order valence-corrected chi connectivity index (χ4v) is 3.19. The van der Waals surface area contributed by atoms with Gasteiger partial charge in [-0.25, -0.2) is 4.98 Å². The normalized spacial score (nSPS) is 13.8. The van der Waals surface area contributed by atoms with Crippen molar-refractivity contribution in [3.63, 3.8) is 0 Å². The van der Waals surface area contributed by atoms with Crippen LogP contribution in [0, 0.1) is 0 Å². The summed E-state index contributed by atoms with van der Waals surface area (Å²) < 4.78 is 5.31. The van der Waals surface area contributed by atoms with Crippen LogP contribution in [0.25, 0.3) is 10.4 Å². The topological polar surface area (TPSA) is 51.4 Å². The van der Waals surface area contributed by atoms with E-state index in [1.807, 2.05) is 17.6 Å². The van der Waals surface area contributed by atoms with Crippen molar-refractivity contribution in [2.75, 3.05) is 31.3 Å². The lowest BCUT2D eigenvalue weighted by atomic mass is 10.1. The fourth-order valence-electron chi connectivity index (χ4n) is 2.32. The van der Waals surface area contributed by atoms with Crippen LogP contribution in [0.2, 0.25) is 0 Å². The highest BCUT2D eigenvalue weighted by Gasteiger charge is 2.21. The molecule has 0 spiro atoms. The van der Waals surface area contributed by atoms with Gasteiger partial charge in [0.2, 0.25) is 0 Å². The first-order chi connectivity index (χ1) is 8.70. The van der Waals surface area contributed by atoms with Crippen molar-refractivity contribution in [3.05, 3.63) is 23.3 Å². The number of nitrogens with zero attached hydrogens (tertiary/aromatic N) is 2. The molecular weight excluding hydrogens is 246 g/mol. The van der Waals surface area contributed by atoms with E-state index in [4.69, 9.17) is 10.5 Å². The summed E-state index contributed by atoms with van der Waals surface area (Å²) in [5.41, 5.74) is 12.1. The van der Waals surface area contributed by atoms with Crippen LogP contribution in [-0.2, 0) is 6.42 Å². The van der Waals surface area contributed by atoms with E-state index in [0.29, 0.717) is 5.69 Å². The monoisotopic (exact) mass is 261 g/mol. The highest BCUT2D eigenvalue weighted by Crippen LogP contribution is 2.42. The highest BCUT2D eigenvalue weighted by molar-refractivity contribution is 7.13. The Kier molecular flexibility index (Phi) is 2.63. The lowest BCUT2D eigenvalue weighted by Gasteiger charge is -2.20. The second-order valence-corrected chi connectivity index (χ2v) is 5.27. The number of thiazole rings is 1. The first-order valence-corrected chi connectivity index (χ1v) is 6.70. The number of benzene rings is 1. The quantitative estimate of drug-likeness (QED) is 0.801. The van der Waals surface area contributed by atoms with E-state index in [2.05, 4.69) is 16.9 Å². The van der Waals surface area contributed by atoms with E-state index in [9.17, 15) is 0 Å². The molecule has 4 nitrogen and oxygen atoms in total. The molecule has 0 radical (unpaired) electrons. The number of nitrogen functional groups attached to an aromatic ring is 1. The number of hydrogen-bond acceptors (Lipinski definition) is 5. The van der Waals surface area contributed by atoms with E-state index < -0.39 is 0 Å². The molecule has 0 amide bonds. The van der Waals surface area contributed by atoms with E-state index in [1.54, 1.807) is 18.4 Å². The zero-order valence-corrected chi connectivity index (χ0v) is 11.3. The predicted molar refractivity (Wildman–Crippen MR) is 75.5 cm³/mol. The van der Waals surface area contributed by atoms with Gasteiger partial charge in [0.05, 0.1) is 28.9 Å². The zero-order valence-electron chi connectivity index (χ0n) is 10.4. The average Bonchev–Trinajstić information content (AvgIpc) is 2.79. The molecule has 1 aliphatic rings. The van der Waals surface area contributed by atoms with Crippen LogP contribution in [0.4, 0.5) is 11.4 Å². The fraction of sp³-hybridized carbons (Fsp3) is 0.308. The zero-order chi connectivity index (χ0) is 12.7. The Labute approximate surface area is 110 Å². The molecule has 0 saturated carbocycles. The first kappa shape index (κ1) is 11.3. The standard InChI is InChI=1S/C13H15N3OS/c1-16-4-3-10-13(18-7-15-10)8-5-9(14)12(17-2)6-11(8)16/h5-7H,3-4,14H2,1-2H3. The Hall–Kier alpha value is -1.75. The van der Waals surface area contributed by atoms with E-state index in [1.165, 1.54) is 4.88 Å². The van der Waals surface area contributed by atoms with Crippen molar-refractivity contribution < 1.29 is 4.74 Å². The van der Waals surface area contributed by atoms with Crippen LogP contribution in [0.1, 0.15) is 5.69 Å². The number of rotatable bonds is 1. The smallest absolute Gasteiger partial charge is 0.143 e. The van der Waals surface area contributed by atoms with Crippen LogP contribution < -0.4 is 15.4 Å². The molecule has 0 aliphatic carbocycles. The number of anilines is 2. The summed E-state index contributed by atoms with van der Waals surface area (Å²) in [4.78, 5) is 7.90. The van der Waals surface area contributed by atoms with Crippen molar-refractivity contribution in [2.45, 2.75) is 6.42 Å². The number of nitrogens with two attached hydrogens (primary N) is 1. The van der Waals surface area contributed by atoms with Crippen LogP contribution in [0.15, 0.2) is 17.6 Å². The Balaban J connectivity index is 2.26. The minimum Gasteiger partial charge on any atom is -0.495 e. The number of hydrogen-bond donors (Lipinski definition) is 1. The molecule has 18 heavy (non-hydrogen) atoms. The number of methoxy groups -OCH3 is 1. The Morgan fingerprint density at radius 2 is 2.28 bits per heavy atom. The summed E-state index contributed by atoms with van der Waals surface area (Å²) in [6.45, 7) is 0.955. The molecule has 94 valence electrons. The SMILES string of the molecule is COc1cc2c(cc1N)-c1scnc1CCN2C. The predicted octanol–water partition coefficient (Wildman–Crippen LogP) is 2.39. The van der Waals surface area contributed by atoms with Gasteiger partial charge in [-0.05, 0) is 6.07 Å². The summed E-state index contributed by atoms with van der Waals surface area (Å²) >= 11 is 1.67. The number of aromatic nitrogens is 1. The van der Waals surface area contributed by atoms with Gasteiger partial charge in [-0.2, -0.15) is 0 Å². The van der Waals surface area contributed by atoms with Crippen LogP contribution in [-0.4, -0.2) is 25.7 Å². The van der Waals surface area contributed by atoms with Gasteiger partial charge in [0, 0.05) is 37.3 Å².